The lowest BCUT2D eigenvalue weighted by molar-refractivity contribution is -0.797. The monoisotopic (exact) mass is 550 g/mol. The molecule has 0 saturated heterocycles. The first-order valence-corrected chi connectivity index (χ1v) is 11.9. The molecule has 15 heteroatoms. The third kappa shape index (κ3) is 5.92. The van der Waals surface area contributed by atoms with Crippen LogP contribution >= 0.6 is 11.6 Å². The van der Waals surface area contributed by atoms with Gasteiger partial charge in [0.15, 0.2) is 5.75 Å². The van der Waals surface area contributed by atoms with Crippen LogP contribution in [-0.4, -0.2) is 45.3 Å². The van der Waals surface area contributed by atoms with Gasteiger partial charge in [0.25, 0.3) is 10.2 Å². The maximum absolute atomic E-state index is 12.9. The fourth-order valence-electron chi connectivity index (χ4n) is 4.53. The van der Waals surface area contributed by atoms with Crippen molar-refractivity contribution in [2.24, 2.45) is 5.92 Å². The molecule has 5 atom stereocenters. The number of rotatable bonds is 9. The molecule has 1 fully saturated rings. The van der Waals surface area contributed by atoms with Crippen molar-refractivity contribution in [3.8, 4) is 5.75 Å². The number of pyridine rings is 1. The number of nitrogens with one attached hydrogen (secondary N) is 1. The summed E-state index contributed by atoms with van der Waals surface area (Å²) in [5.74, 6) is -2.12. The molecule has 202 valence electrons. The van der Waals surface area contributed by atoms with Crippen LogP contribution < -0.4 is 10.1 Å². The van der Waals surface area contributed by atoms with E-state index in [-0.39, 0.29) is 25.2 Å². The molecule has 0 radical (unpaired) electrons. The minimum atomic E-state index is -1.30. The largest absolute Gasteiger partial charge is 0.423 e. The van der Waals surface area contributed by atoms with Crippen LogP contribution in [-0.2, 0) is 30.6 Å². The van der Waals surface area contributed by atoms with E-state index in [9.17, 15) is 29.8 Å². The summed E-state index contributed by atoms with van der Waals surface area (Å²) in [5, 5.41) is 22.3. The first kappa shape index (κ1) is 27.0. The van der Waals surface area contributed by atoms with Crippen LogP contribution in [0.1, 0.15) is 48.3 Å². The molecule has 2 unspecified atom stereocenters. The fraction of sp³-hybridized carbons (Fsp3) is 0.435. The van der Waals surface area contributed by atoms with Crippen molar-refractivity contribution in [2.75, 3.05) is 0 Å². The Kier molecular flexibility index (Phi) is 7.92. The van der Waals surface area contributed by atoms with Gasteiger partial charge in [0.1, 0.15) is 24.4 Å². The maximum Gasteiger partial charge on any atom is 0.333 e. The number of aromatic nitrogens is 1. The summed E-state index contributed by atoms with van der Waals surface area (Å²) >= 11 is 5.98. The highest BCUT2D eigenvalue weighted by Gasteiger charge is 2.43. The van der Waals surface area contributed by atoms with Crippen LogP contribution in [0.25, 0.3) is 0 Å². The molecule has 1 amide bonds. The number of amides is 1. The quantitative estimate of drug-likeness (QED) is 0.275. The SMILES string of the molecule is Cc1ncc2c(c1OC(=O)C(C)NC(=O)C1C[C@H](O[N+](=O)[O-])[C@H](O[N+](=O)[O-])C1)CO[C@H]2c1ccc(Cl)cc1. The predicted molar refractivity (Wildman–Crippen MR) is 127 cm³/mol. The molecular weight excluding hydrogens is 528 g/mol. The van der Waals surface area contributed by atoms with E-state index in [0.717, 1.165) is 11.1 Å². The number of fused-ring (bicyclic) bond motifs is 1. The van der Waals surface area contributed by atoms with Gasteiger partial charge in [-0.05, 0) is 44.4 Å². The highest BCUT2D eigenvalue weighted by molar-refractivity contribution is 6.30. The molecule has 0 bridgehead atoms. The predicted octanol–water partition coefficient (Wildman–Crippen LogP) is 2.64. The van der Waals surface area contributed by atoms with E-state index in [4.69, 9.17) is 21.1 Å². The van der Waals surface area contributed by atoms with Crippen LogP contribution in [0.15, 0.2) is 30.5 Å². The van der Waals surface area contributed by atoms with Crippen molar-refractivity contribution in [2.45, 2.75) is 57.6 Å². The smallest absolute Gasteiger partial charge is 0.333 e. The van der Waals surface area contributed by atoms with Crippen molar-refractivity contribution >= 4 is 23.5 Å². The van der Waals surface area contributed by atoms with Gasteiger partial charge in [0.2, 0.25) is 5.91 Å². The Balaban J connectivity index is 1.42. The maximum atomic E-state index is 12.9. The van der Waals surface area contributed by atoms with Crippen LogP contribution in [0.2, 0.25) is 5.02 Å². The van der Waals surface area contributed by atoms with E-state index in [1.54, 1.807) is 25.3 Å². The van der Waals surface area contributed by atoms with Crippen LogP contribution in [0.3, 0.4) is 0 Å². The lowest BCUT2D eigenvalue weighted by atomic mass is 10.0. The van der Waals surface area contributed by atoms with Crippen LogP contribution in [0.4, 0.5) is 0 Å². The van der Waals surface area contributed by atoms with Crippen LogP contribution in [0, 0.1) is 33.1 Å². The molecule has 1 aliphatic carbocycles. The zero-order chi connectivity index (χ0) is 27.6. The lowest BCUT2D eigenvalue weighted by Crippen LogP contribution is -2.43. The van der Waals surface area contributed by atoms with E-state index in [0.29, 0.717) is 16.3 Å². The number of carbonyl (C=O) groups excluding carboxylic acids is 2. The Morgan fingerprint density at radius 1 is 1.13 bits per heavy atom. The van der Waals surface area contributed by atoms with Crippen molar-refractivity contribution in [3.05, 3.63) is 78.1 Å². The standard InChI is InChI=1S/C23H23ClN4O10/c1-11-20(17-10-35-21(16(17)9-25-11)13-3-5-15(24)6-4-13)36-23(30)12(2)26-22(29)14-7-18(37-27(31)32)19(8-14)38-28(33)34/h3-6,9,12,14,18-19,21H,7-8,10H2,1-2H3,(H,26,29)/t12?,14?,18-,19+,21-/m0/s1. The van der Waals surface area contributed by atoms with Crippen molar-refractivity contribution < 1.29 is 38.9 Å². The molecular formula is C23H23ClN4O10. The Morgan fingerprint density at radius 3 is 2.32 bits per heavy atom. The van der Waals surface area contributed by atoms with Gasteiger partial charge >= 0.3 is 5.97 Å². The third-order valence-corrected chi connectivity index (χ3v) is 6.63. The first-order chi connectivity index (χ1) is 18.0. The Hall–Kier alpha value is -4.04. The molecule has 1 N–H and O–H groups in total. The average Bonchev–Trinajstić information content (AvgIpc) is 3.45. The Labute approximate surface area is 220 Å². The highest BCUT2D eigenvalue weighted by atomic mass is 35.5. The number of benzene rings is 1. The summed E-state index contributed by atoms with van der Waals surface area (Å²) in [7, 11) is 0. The topological polar surface area (TPSA) is 182 Å². The summed E-state index contributed by atoms with van der Waals surface area (Å²) in [6.07, 6.45) is -1.77. The minimum absolute atomic E-state index is 0.174. The molecule has 2 aromatic rings. The average molecular weight is 551 g/mol. The number of nitrogens with zero attached hydrogens (tertiary/aromatic N) is 3. The molecule has 14 nitrogen and oxygen atoms in total. The summed E-state index contributed by atoms with van der Waals surface area (Å²) in [5.41, 5.74) is 2.69. The Bertz CT molecular complexity index is 1230. The number of hydrogen-bond acceptors (Lipinski definition) is 11. The zero-order valence-electron chi connectivity index (χ0n) is 20.2. The summed E-state index contributed by atoms with van der Waals surface area (Å²) in [4.78, 5) is 60.2. The molecule has 1 aromatic carbocycles. The molecule has 1 aromatic heterocycles. The van der Waals surface area contributed by atoms with Crippen molar-refractivity contribution in [1.29, 1.82) is 0 Å². The molecule has 1 saturated carbocycles. The number of hydrogen-bond donors (Lipinski definition) is 1. The van der Waals surface area contributed by atoms with Gasteiger partial charge in [0.05, 0.1) is 12.3 Å². The normalized spacial score (nSPS) is 22.7. The molecule has 0 spiro atoms. The van der Waals surface area contributed by atoms with Gasteiger partial charge < -0.3 is 24.5 Å². The van der Waals surface area contributed by atoms with Gasteiger partial charge in [-0.3, -0.25) is 9.78 Å². The fourth-order valence-corrected chi connectivity index (χ4v) is 4.66. The van der Waals surface area contributed by atoms with E-state index in [1.165, 1.54) is 6.92 Å². The van der Waals surface area contributed by atoms with Crippen molar-refractivity contribution in [3.63, 3.8) is 0 Å². The summed E-state index contributed by atoms with van der Waals surface area (Å²) in [6, 6.07) is 6.03. The number of carbonyl (C=O) groups is 2. The van der Waals surface area contributed by atoms with E-state index in [2.05, 4.69) is 20.0 Å². The van der Waals surface area contributed by atoms with E-state index >= 15 is 0 Å². The third-order valence-electron chi connectivity index (χ3n) is 6.38. The molecule has 1 aliphatic heterocycles. The Morgan fingerprint density at radius 2 is 1.74 bits per heavy atom. The van der Waals surface area contributed by atoms with E-state index < -0.39 is 52.3 Å². The van der Waals surface area contributed by atoms with Gasteiger partial charge in [0, 0.05) is 28.3 Å². The minimum Gasteiger partial charge on any atom is -0.423 e. The van der Waals surface area contributed by atoms with Gasteiger partial charge in [-0.15, -0.1) is 20.2 Å². The zero-order valence-corrected chi connectivity index (χ0v) is 21.0. The van der Waals surface area contributed by atoms with Gasteiger partial charge in [-0.25, -0.2) is 4.79 Å². The number of ether oxygens (including phenoxy) is 2. The second kappa shape index (κ2) is 11.1. The van der Waals surface area contributed by atoms with Crippen LogP contribution in [0.5, 0.6) is 5.75 Å². The highest BCUT2D eigenvalue weighted by Crippen LogP contribution is 2.41. The molecule has 2 heterocycles. The second-order valence-electron chi connectivity index (χ2n) is 8.90. The van der Waals surface area contributed by atoms with Gasteiger partial charge in [-0.2, -0.15) is 0 Å². The summed E-state index contributed by atoms with van der Waals surface area (Å²) in [6.45, 7) is 3.25. The lowest BCUT2D eigenvalue weighted by Gasteiger charge is -2.18. The number of aryl methyl sites for hydroxylation is 1. The summed E-state index contributed by atoms with van der Waals surface area (Å²) < 4.78 is 11.5. The second-order valence-corrected chi connectivity index (χ2v) is 9.34. The first-order valence-electron chi connectivity index (χ1n) is 11.5. The molecule has 2 aliphatic rings. The molecule has 4 rings (SSSR count). The number of esters is 1. The van der Waals surface area contributed by atoms with E-state index in [1.807, 2.05) is 12.1 Å². The van der Waals surface area contributed by atoms with Gasteiger partial charge in [-0.1, -0.05) is 23.7 Å². The van der Waals surface area contributed by atoms with Crippen molar-refractivity contribution in [1.82, 2.24) is 10.3 Å². The molecule has 38 heavy (non-hydrogen) atoms. The number of halogens is 1.